The lowest BCUT2D eigenvalue weighted by Gasteiger charge is -2.08. The zero-order valence-corrected chi connectivity index (χ0v) is 14.0. The summed E-state index contributed by atoms with van der Waals surface area (Å²) in [7, 11) is 0. The molecule has 22 heavy (non-hydrogen) atoms. The Morgan fingerprint density at radius 3 is 2.59 bits per heavy atom. The van der Waals surface area contributed by atoms with Crippen LogP contribution in [0.2, 0.25) is 5.02 Å². The first kappa shape index (κ1) is 16.5. The molecule has 114 valence electrons. The average molecular weight is 334 g/mol. The summed E-state index contributed by atoms with van der Waals surface area (Å²) in [5.41, 5.74) is 4.46. The Kier molecular flexibility index (Phi) is 5.22. The van der Waals surface area contributed by atoms with Crippen molar-refractivity contribution in [2.45, 2.75) is 20.4 Å². The van der Waals surface area contributed by atoms with Crippen molar-refractivity contribution in [1.82, 2.24) is 14.5 Å². The minimum absolute atomic E-state index is 0. The number of rotatable bonds is 3. The van der Waals surface area contributed by atoms with Crippen LogP contribution in [0.3, 0.4) is 0 Å². The van der Waals surface area contributed by atoms with Crippen LogP contribution in [0.15, 0.2) is 49.1 Å². The summed E-state index contributed by atoms with van der Waals surface area (Å²) in [5.74, 6) is 1.00. The van der Waals surface area contributed by atoms with Crippen LogP contribution < -0.4 is 0 Å². The zero-order chi connectivity index (χ0) is 14.8. The molecule has 0 saturated carbocycles. The van der Waals surface area contributed by atoms with Gasteiger partial charge in [-0.25, -0.2) is 4.98 Å². The van der Waals surface area contributed by atoms with Gasteiger partial charge in [-0.15, -0.1) is 12.4 Å². The Bertz CT molecular complexity index is 781. The maximum atomic E-state index is 6.09. The van der Waals surface area contributed by atoms with E-state index in [4.69, 9.17) is 11.6 Å². The van der Waals surface area contributed by atoms with E-state index >= 15 is 0 Å². The van der Waals surface area contributed by atoms with Crippen molar-refractivity contribution in [2.24, 2.45) is 0 Å². The van der Waals surface area contributed by atoms with Crippen molar-refractivity contribution in [3.05, 3.63) is 71.0 Å². The standard InChI is InChI=1S/C17H16ClN3.ClH/c1-12-7-15(3-4-17(12)18)16-8-14(9-19-10-16)11-21-6-5-20-13(21)2;/h3-10H,11H2,1-2H3;1H. The molecule has 2 aromatic heterocycles. The first-order valence-corrected chi connectivity index (χ1v) is 7.19. The number of halogens is 2. The predicted molar refractivity (Wildman–Crippen MR) is 92.7 cm³/mol. The monoisotopic (exact) mass is 333 g/mol. The highest BCUT2D eigenvalue weighted by molar-refractivity contribution is 6.31. The molecule has 3 aromatic rings. The van der Waals surface area contributed by atoms with Gasteiger partial charge >= 0.3 is 0 Å². The van der Waals surface area contributed by atoms with Gasteiger partial charge in [0.15, 0.2) is 0 Å². The van der Waals surface area contributed by atoms with Gasteiger partial charge in [0.05, 0.1) is 6.54 Å². The van der Waals surface area contributed by atoms with Crippen LogP contribution in [-0.2, 0) is 6.54 Å². The Balaban J connectivity index is 0.00000176. The summed E-state index contributed by atoms with van der Waals surface area (Å²) in [5, 5.41) is 0.789. The van der Waals surface area contributed by atoms with Crippen LogP contribution in [0.5, 0.6) is 0 Å². The number of aryl methyl sites for hydroxylation is 2. The fourth-order valence-corrected chi connectivity index (χ4v) is 2.44. The molecule has 3 nitrogen and oxygen atoms in total. The molecule has 0 aliphatic heterocycles. The molecule has 0 unspecified atom stereocenters. The van der Waals surface area contributed by atoms with Gasteiger partial charge in [0.25, 0.3) is 0 Å². The van der Waals surface area contributed by atoms with Gasteiger partial charge in [0, 0.05) is 35.4 Å². The summed E-state index contributed by atoms with van der Waals surface area (Å²) >= 11 is 6.09. The van der Waals surface area contributed by atoms with Crippen molar-refractivity contribution in [3.63, 3.8) is 0 Å². The summed E-state index contributed by atoms with van der Waals surface area (Å²) in [6, 6.07) is 8.21. The van der Waals surface area contributed by atoms with Gasteiger partial charge in [-0.3, -0.25) is 4.98 Å². The molecule has 5 heteroatoms. The maximum absolute atomic E-state index is 6.09. The largest absolute Gasteiger partial charge is 0.331 e. The van der Waals surface area contributed by atoms with Crippen molar-refractivity contribution in [1.29, 1.82) is 0 Å². The number of pyridine rings is 1. The van der Waals surface area contributed by atoms with E-state index in [1.165, 1.54) is 0 Å². The molecule has 0 fully saturated rings. The van der Waals surface area contributed by atoms with E-state index in [1.807, 2.05) is 50.8 Å². The van der Waals surface area contributed by atoms with Crippen molar-refractivity contribution >= 4 is 24.0 Å². The van der Waals surface area contributed by atoms with E-state index < -0.39 is 0 Å². The Labute approximate surface area is 141 Å². The number of nitrogens with zero attached hydrogens (tertiary/aromatic N) is 3. The van der Waals surface area contributed by atoms with Crippen LogP contribution in [-0.4, -0.2) is 14.5 Å². The second kappa shape index (κ2) is 6.95. The molecule has 0 radical (unpaired) electrons. The molecule has 0 aliphatic rings. The van der Waals surface area contributed by atoms with Crippen molar-refractivity contribution in [3.8, 4) is 11.1 Å². The van der Waals surface area contributed by atoms with Gasteiger partial charge in [0.1, 0.15) is 5.82 Å². The van der Waals surface area contributed by atoms with Crippen LogP contribution >= 0.6 is 24.0 Å². The molecule has 0 aliphatic carbocycles. The van der Waals surface area contributed by atoms with E-state index in [0.29, 0.717) is 0 Å². The predicted octanol–water partition coefficient (Wildman–Crippen LogP) is 4.69. The minimum atomic E-state index is 0. The minimum Gasteiger partial charge on any atom is -0.331 e. The normalized spacial score (nSPS) is 10.3. The molecule has 1 aromatic carbocycles. The fourth-order valence-electron chi connectivity index (χ4n) is 2.32. The third kappa shape index (κ3) is 3.49. The summed E-state index contributed by atoms with van der Waals surface area (Å²) in [6.45, 7) is 4.79. The third-order valence-corrected chi connectivity index (χ3v) is 3.99. The molecular weight excluding hydrogens is 317 g/mol. The number of hydrogen-bond donors (Lipinski definition) is 0. The van der Waals surface area contributed by atoms with Crippen LogP contribution in [0.4, 0.5) is 0 Å². The molecule has 0 spiro atoms. The quantitative estimate of drug-likeness (QED) is 0.696. The Morgan fingerprint density at radius 2 is 1.91 bits per heavy atom. The van der Waals surface area contributed by atoms with Crippen LogP contribution in [0.25, 0.3) is 11.1 Å². The molecule has 0 amide bonds. The number of imidazole rings is 1. The number of aromatic nitrogens is 3. The van der Waals surface area contributed by atoms with Crippen LogP contribution in [0.1, 0.15) is 17.0 Å². The lowest BCUT2D eigenvalue weighted by Crippen LogP contribution is -2.01. The Hall–Kier alpha value is -1.84. The SMILES string of the molecule is Cc1cc(-c2cncc(Cn3ccnc3C)c2)ccc1Cl.Cl. The molecular formula is C17H17Cl2N3. The van der Waals surface area contributed by atoms with Crippen LogP contribution in [0, 0.1) is 13.8 Å². The maximum Gasteiger partial charge on any atom is 0.105 e. The van der Waals surface area contributed by atoms with Gasteiger partial charge in [-0.2, -0.15) is 0 Å². The highest BCUT2D eigenvalue weighted by Gasteiger charge is 2.04. The topological polar surface area (TPSA) is 30.7 Å². The molecule has 0 N–H and O–H groups in total. The fraction of sp³-hybridized carbons (Fsp3) is 0.176. The first-order valence-electron chi connectivity index (χ1n) is 6.81. The smallest absolute Gasteiger partial charge is 0.105 e. The molecule has 0 bridgehead atoms. The second-order valence-electron chi connectivity index (χ2n) is 5.15. The van der Waals surface area contributed by atoms with Crippen molar-refractivity contribution < 1.29 is 0 Å². The average Bonchev–Trinajstić information content (AvgIpc) is 2.88. The lowest BCUT2D eigenvalue weighted by atomic mass is 10.0. The van der Waals surface area contributed by atoms with E-state index in [0.717, 1.165) is 39.6 Å². The van der Waals surface area contributed by atoms with Gasteiger partial charge < -0.3 is 4.57 Å². The number of hydrogen-bond acceptors (Lipinski definition) is 2. The van der Waals surface area contributed by atoms with Gasteiger partial charge in [-0.1, -0.05) is 17.7 Å². The lowest BCUT2D eigenvalue weighted by molar-refractivity contribution is 0.759. The highest BCUT2D eigenvalue weighted by Crippen LogP contribution is 2.25. The molecule has 3 rings (SSSR count). The highest BCUT2D eigenvalue weighted by atomic mass is 35.5. The van der Waals surface area contributed by atoms with E-state index in [9.17, 15) is 0 Å². The van der Waals surface area contributed by atoms with E-state index in [1.54, 1.807) is 0 Å². The molecule has 0 atom stereocenters. The first-order chi connectivity index (χ1) is 10.1. The summed E-state index contributed by atoms with van der Waals surface area (Å²) < 4.78 is 2.11. The summed E-state index contributed by atoms with van der Waals surface area (Å²) in [6.07, 6.45) is 7.57. The van der Waals surface area contributed by atoms with Gasteiger partial charge in [0.2, 0.25) is 0 Å². The van der Waals surface area contributed by atoms with Gasteiger partial charge in [-0.05, 0) is 48.7 Å². The zero-order valence-electron chi connectivity index (χ0n) is 12.5. The molecule has 0 saturated heterocycles. The van der Waals surface area contributed by atoms with Crippen molar-refractivity contribution in [2.75, 3.05) is 0 Å². The third-order valence-electron chi connectivity index (χ3n) is 3.56. The van der Waals surface area contributed by atoms with E-state index in [2.05, 4.69) is 26.7 Å². The number of benzene rings is 1. The second-order valence-corrected chi connectivity index (χ2v) is 5.56. The molecule has 2 heterocycles. The van der Waals surface area contributed by atoms with E-state index in [-0.39, 0.29) is 12.4 Å². The Morgan fingerprint density at radius 1 is 1.09 bits per heavy atom. The summed E-state index contributed by atoms with van der Waals surface area (Å²) in [4.78, 5) is 8.60.